The Balaban J connectivity index is 3.23. The monoisotopic (exact) mass is 334 g/mol. The molecule has 0 bridgehead atoms. The Morgan fingerprint density at radius 1 is 0.688 bits per heavy atom. The first-order chi connectivity index (χ1) is 7.21. The van der Waals surface area contributed by atoms with Crippen LogP contribution in [0.25, 0.3) is 0 Å². The van der Waals surface area contributed by atoms with Gasteiger partial charge in [-0.3, -0.25) is 0 Å². The molecule has 98 valence electrons. The Hall–Kier alpha value is 2.00. The Morgan fingerprint density at radius 2 is 1.00 bits per heavy atom. The fourth-order valence-corrected chi connectivity index (χ4v) is 8.13. The van der Waals surface area contributed by atoms with Crippen molar-refractivity contribution in [2.75, 3.05) is 62.0 Å². The standard InChI is InChI=1S/C10H24P2S4/c1-11(2,13)5-7-15-9-10-16-8-6-12(3,4)14/h5-10H2,1-4H3. The lowest BCUT2D eigenvalue weighted by Crippen LogP contribution is -1.95. The van der Waals surface area contributed by atoms with Crippen LogP contribution >= 0.6 is 35.6 Å². The van der Waals surface area contributed by atoms with Crippen molar-refractivity contribution >= 4 is 59.2 Å². The maximum Gasteiger partial charge on any atom is 0.00237 e. The van der Waals surface area contributed by atoms with Gasteiger partial charge in [-0.2, -0.15) is 23.5 Å². The molecule has 0 fully saturated rings. The zero-order valence-corrected chi connectivity index (χ0v) is 15.8. The summed E-state index contributed by atoms with van der Waals surface area (Å²) >= 11 is 15.0. The van der Waals surface area contributed by atoms with E-state index in [4.69, 9.17) is 23.6 Å². The van der Waals surface area contributed by atoms with Gasteiger partial charge in [0.25, 0.3) is 0 Å². The smallest absolute Gasteiger partial charge is 0.00237 e. The van der Waals surface area contributed by atoms with Gasteiger partial charge in [0.1, 0.15) is 0 Å². The highest BCUT2D eigenvalue weighted by Crippen LogP contribution is 2.37. The third-order valence-corrected chi connectivity index (χ3v) is 8.45. The molecule has 6 heteroatoms. The molecule has 0 rings (SSSR count). The highest BCUT2D eigenvalue weighted by molar-refractivity contribution is 8.15. The van der Waals surface area contributed by atoms with Crippen LogP contribution in [-0.4, -0.2) is 62.0 Å². The van der Waals surface area contributed by atoms with E-state index in [0.717, 1.165) is 0 Å². The van der Waals surface area contributed by atoms with E-state index < -0.39 is 12.1 Å². The van der Waals surface area contributed by atoms with Gasteiger partial charge in [-0.25, -0.2) is 0 Å². The second-order valence-electron chi connectivity index (χ2n) is 4.82. The maximum absolute atomic E-state index is 5.43. The van der Waals surface area contributed by atoms with Gasteiger partial charge in [0.05, 0.1) is 0 Å². The lowest BCUT2D eigenvalue weighted by Gasteiger charge is -2.10. The molecule has 0 saturated carbocycles. The molecule has 0 aliphatic rings. The molecule has 0 atom stereocenters. The van der Waals surface area contributed by atoms with Gasteiger partial charge < -0.3 is 0 Å². The van der Waals surface area contributed by atoms with E-state index in [-0.39, 0.29) is 0 Å². The van der Waals surface area contributed by atoms with E-state index in [0.29, 0.717) is 0 Å². The predicted molar refractivity (Wildman–Crippen MR) is 96.7 cm³/mol. The van der Waals surface area contributed by atoms with Crippen LogP contribution < -0.4 is 0 Å². The number of hydrogen-bond acceptors (Lipinski definition) is 4. The van der Waals surface area contributed by atoms with Crippen molar-refractivity contribution in [1.82, 2.24) is 0 Å². The first kappa shape index (κ1) is 18.0. The van der Waals surface area contributed by atoms with Gasteiger partial charge in [0, 0.05) is 11.5 Å². The van der Waals surface area contributed by atoms with Crippen LogP contribution in [0.4, 0.5) is 0 Å². The van der Waals surface area contributed by atoms with Crippen LogP contribution in [-0.2, 0) is 23.6 Å². The Bertz CT molecular complexity index is 238. The Labute approximate surface area is 121 Å². The van der Waals surface area contributed by atoms with Crippen LogP contribution in [0.3, 0.4) is 0 Å². The molecule has 0 radical (unpaired) electrons. The summed E-state index contributed by atoms with van der Waals surface area (Å²) in [5.74, 6) is 5.06. The topological polar surface area (TPSA) is 0 Å². The van der Waals surface area contributed by atoms with Crippen LogP contribution in [0.5, 0.6) is 0 Å². The molecule has 0 spiro atoms. The average molecular weight is 335 g/mol. The maximum atomic E-state index is 5.43. The zero-order chi connectivity index (χ0) is 12.7. The molecule has 0 aliphatic heterocycles. The van der Waals surface area contributed by atoms with E-state index in [9.17, 15) is 0 Å². The van der Waals surface area contributed by atoms with E-state index in [2.05, 4.69) is 50.2 Å². The van der Waals surface area contributed by atoms with Crippen molar-refractivity contribution in [1.29, 1.82) is 0 Å². The van der Waals surface area contributed by atoms with E-state index >= 15 is 0 Å². The normalized spacial score (nSPS) is 13.0. The predicted octanol–water partition coefficient (Wildman–Crippen LogP) is 3.93. The molecule has 0 amide bonds. The SMILES string of the molecule is CP(C)(=S)CCSCCSCCP(C)(C)=S. The molecule has 0 N–H and O–H groups in total. The number of rotatable bonds is 9. The van der Waals surface area contributed by atoms with Crippen LogP contribution in [0, 0.1) is 0 Å². The lowest BCUT2D eigenvalue weighted by atomic mass is 10.9. The summed E-state index contributed by atoms with van der Waals surface area (Å²) in [5.41, 5.74) is 0. The highest BCUT2D eigenvalue weighted by Gasteiger charge is 2.03. The Kier molecular flexibility index (Phi) is 10.1. The van der Waals surface area contributed by atoms with Crippen LogP contribution in [0.2, 0.25) is 0 Å². The van der Waals surface area contributed by atoms with Crippen molar-refractivity contribution in [2.45, 2.75) is 0 Å². The van der Waals surface area contributed by atoms with Crippen molar-refractivity contribution in [2.24, 2.45) is 0 Å². The Morgan fingerprint density at radius 3 is 1.25 bits per heavy atom. The third-order valence-electron chi connectivity index (χ3n) is 1.92. The van der Waals surface area contributed by atoms with Gasteiger partial charge in [-0.05, 0) is 62.6 Å². The number of thioether (sulfide) groups is 2. The second-order valence-corrected chi connectivity index (χ2v) is 20.4. The first-order valence-corrected chi connectivity index (χ1v) is 15.5. The minimum atomic E-state index is -0.953. The molecular formula is C10H24P2S4. The molecule has 0 aliphatic carbocycles. The third kappa shape index (κ3) is 16.0. The molecule has 0 aromatic heterocycles. The summed E-state index contributed by atoms with van der Waals surface area (Å²) in [6.45, 7) is 8.97. The van der Waals surface area contributed by atoms with Gasteiger partial charge in [-0.1, -0.05) is 23.6 Å². The first-order valence-electron chi connectivity index (χ1n) is 5.44. The summed E-state index contributed by atoms with van der Waals surface area (Å²) in [4.78, 5) is 0. The molecule has 0 aromatic carbocycles. The van der Waals surface area contributed by atoms with E-state index in [1.54, 1.807) is 0 Å². The van der Waals surface area contributed by atoms with Gasteiger partial charge in [0.15, 0.2) is 0 Å². The largest absolute Gasteiger partial charge is 0.161 e. The summed E-state index contributed by atoms with van der Waals surface area (Å²) < 4.78 is 0. The molecule has 0 nitrogen and oxygen atoms in total. The fourth-order valence-electron chi connectivity index (χ4n) is 0.891. The molecule has 0 unspecified atom stereocenters. The molecule has 0 heterocycles. The van der Waals surface area contributed by atoms with Crippen LogP contribution in [0.15, 0.2) is 0 Å². The van der Waals surface area contributed by atoms with Crippen LogP contribution in [0.1, 0.15) is 0 Å². The summed E-state index contributed by atoms with van der Waals surface area (Å²) in [7, 11) is 0. The van der Waals surface area contributed by atoms with E-state index in [1.807, 2.05) is 0 Å². The highest BCUT2D eigenvalue weighted by atomic mass is 32.4. The quantitative estimate of drug-likeness (QED) is 0.462. The van der Waals surface area contributed by atoms with Crippen molar-refractivity contribution in [3.05, 3.63) is 0 Å². The molecule has 0 saturated heterocycles. The lowest BCUT2D eigenvalue weighted by molar-refractivity contribution is 1.45. The van der Waals surface area contributed by atoms with Crippen molar-refractivity contribution in [3.63, 3.8) is 0 Å². The minimum Gasteiger partial charge on any atom is -0.161 e. The average Bonchev–Trinajstić information content (AvgIpc) is 2.06. The van der Waals surface area contributed by atoms with Gasteiger partial charge in [-0.15, -0.1) is 0 Å². The van der Waals surface area contributed by atoms with E-state index in [1.165, 1.54) is 35.3 Å². The summed E-state index contributed by atoms with van der Waals surface area (Å²) in [6, 6.07) is -1.91. The van der Waals surface area contributed by atoms with Crippen molar-refractivity contribution < 1.29 is 0 Å². The molecular weight excluding hydrogens is 310 g/mol. The minimum absolute atomic E-state index is 0.953. The van der Waals surface area contributed by atoms with Crippen molar-refractivity contribution in [3.8, 4) is 0 Å². The van der Waals surface area contributed by atoms with Gasteiger partial charge in [0.2, 0.25) is 0 Å². The number of hydrogen-bond donors (Lipinski definition) is 0. The molecule has 16 heavy (non-hydrogen) atoms. The fraction of sp³-hybridized carbons (Fsp3) is 1.00. The zero-order valence-electron chi connectivity index (χ0n) is 10.8. The van der Waals surface area contributed by atoms with Gasteiger partial charge >= 0.3 is 0 Å². The summed E-state index contributed by atoms with van der Waals surface area (Å²) in [5, 5.41) is 0. The summed E-state index contributed by atoms with van der Waals surface area (Å²) in [6.07, 6.45) is 2.50. The molecule has 0 aromatic rings. The second kappa shape index (κ2) is 8.99.